The highest BCUT2D eigenvalue weighted by Gasteiger charge is 2.38. The number of nitrogens with one attached hydrogen (secondary N) is 1. The van der Waals surface area contributed by atoms with Crippen molar-refractivity contribution >= 4 is 29.0 Å². The molecule has 1 heterocycles. The topological polar surface area (TPSA) is 56.1 Å². The molecule has 1 N–H and O–H groups in total. The molecule has 1 aliphatic carbocycles. The summed E-state index contributed by atoms with van der Waals surface area (Å²) in [6.45, 7) is 0.599. The van der Waals surface area contributed by atoms with Crippen molar-refractivity contribution in [3.8, 4) is 6.07 Å². The van der Waals surface area contributed by atoms with Gasteiger partial charge in [0.1, 0.15) is 5.54 Å². The van der Waals surface area contributed by atoms with Crippen LogP contribution in [0.5, 0.6) is 0 Å². The Labute approximate surface area is 151 Å². The lowest BCUT2D eigenvalue weighted by Gasteiger charge is -2.36. The number of carbonyl (C=O) groups is 1. The summed E-state index contributed by atoms with van der Waals surface area (Å²) in [4.78, 5) is 17.0. The molecular formula is C20H19N3OS. The Morgan fingerprint density at radius 2 is 1.72 bits per heavy atom. The van der Waals surface area contributed by atoms with Gasteiger partial charge in [-0.3, -0.25) is 4.79 Å². The summed E-state index contributed by atoms with van der Waals surface area (Å²) in [5.41, 5.74) is 1.65. The van der Waals surface area contributed by atoms with Gasteiger partial charge in [0.25, 0.3) is 0 Å². The average Bonchev–Trinajstić information content (AvgIpc) is 2.61. The largest absolute Gasteiger partial charge is 0.339 e. The fourth-order valence-corrected chi connectivity index (χ4v) is 4.46. The molecule has 0 unspecified atom stereocenters. The first-order valence-electron chi connectivity index (χ1n) is 8.56. The Morgan fingerprint density at radius 1 is 1.12 bits per heavy atom. The third-order valence-corrected chi connectivity index (χ3v) is 6.02. The SMILES string of the molecule is N#CC1(NC(=O)CCN2c3ccccc3Sc3ccccc32)CCC1. The van der Waals surface area contributed by atoms with Crippen LogP contribution in [0.1, 0.15) is 25.7 Å². The highest BCUT2D eigenvalue weighted by molar-refractivity contribution is 7.99. The van der Waals surface area contributed by atoms with E-state index in [2.05, 4.69) is 40.6 Å². The molecule has 0 aromatic heterocycles. The zero-order valence-corrected chi connectivity index (χ0v) is 14.7. The second-order valence-electron chi connectivity index (χ2n) is 6.53. The van der Waals surface area contributed by atoms with Crippen LogP contribution in [0.15, 0.2) is 58.3 Å². The van der Waals surface area contributed by atoms with Crippen molar-refractivity contribution in [1.29, 1.82) is 5.26 Å². The van der Waals surface area contributed by atoms with Gasteiger partial charge in [0.2, 0.25) is 5.91 Å². The van der Waals surface area contributed by atoms with Crippen molar-refractivity contribution < 1.29 is 4.79 Å². The normalized spacial score (nSPS) is 16.8. The van der Waals surface area contributed by atoms with E-state index in [4.69, 9.17) is 0 Å². The van der Waals surface area contributed by atoms with E-state index < -0.39 is 5.54 Å². The molecular weight excluding hydrogens is 330 g/mol. The van der Waals surface area contributed by atoms with Crippen LogP contribution in [0.4, 0.5) is 11.4 Å². The molecule has 1 amide bonds. The summed E-state index contributed by atoms with van der Waals surface area (Å²) in [5.74, 6) is -0.0468. The maximum absolute atomic E-state index is 12.4. The maximum Gasteiger partial charge on any atom is 0.223 e. The summed E-state index contributed by atoms with van der Waals surface area (Å²) < 4.78 is 0. The van der Waals surface area contributed by atoms with Crippen LogP contribution in [0.3, 0.4) is 0 Å². The smallest absolute Gasteiger partial charge is 0.223 e. The number of nitrogens with zero attached hydrogens (tertiary/aromatic N) is 2. The van der Waals surface area contributed by atoms with E-state index in [1.165, 1.54) is 9.79 Å². The number of fused-ring (bicyclic) bond motifs is 2. The molecule has 5 heteroatoms. The maximum atomic E-state index is 12.4. The lowest BCUT2D eigenvalue weighted by atomic mass is 9.78. The van der Waals surface area contributed by atoms with Gasteiger partial charge < -0.3 is 10.2 Å². The van der Waals surface area contributed by atoms with Crippen LogP contribution in [0.25, 0.3) is 0 Å². The molecule has 0 spiro atoms. The summed E-state index contributed by atoms with van der Waals surface area (Å²) in [7, 11) is 0. The van der Waals surface area contributed by atoms with Crippen molar-refractivity contribution in [2.24, 2.45) is 0 Å². The quantitative estimate of drug-likeness (QED) is 0.897. The number of rotatable bonds is 4. The van der Waals surface area contributed by atoms with Crippen molar-refractivity contribution in [2.45, 2.75) is 41.0 Å². The van der Waals surface area contributed by atoms with E-state index in [0.717, 1.165) is 30.6 Å². The number of hydrogen-bond acceptors (Lipinski definition) is 4. The van der Waals surface area contributed by atoms with E-state index in [-0.39, 0.29) is 5.91 Å². The standard InChI is InChI=1S/C20H19N3OS/c21-14-20(11-5-12-20)22-19(24)10-13-23-15-6-1-3-8-17(15)25-18-9-4-2-7-16(18)23/h1-4,6-9H,5,10-13H2,(H,22,24). The lowest BCUT2D eigenvalue weighted by molar-refractivity contribution is -0.123. The number of hydrogen-bond donors (Lipinski definition) is 1. The summed E-state index contributed by atoms with van der Waals surface area (Å²) in [5, 5.41) is 12.2. The van der Waals surface area contributed by atoms with Gasteiger partial charge in [-0.05, 0) is 43.5 Å². The van der Waals surface area contributed by atoms with Gasteiger partial charge in [0.05, 0.1) is 17.4 Å². The number of nitriles is 1. The summed E-state index contributed by atoms with van der Waals surface area (Å²) >= 11 is 1.76. The van der Waals surface area contributed by atoms with Crippen LogP contribution in [-0.2, 0) is 4.79 Å². The molecule has 2 aromatic carbocycles. The Kier molecular flexibility index (Phi) is 4.14. The van der Waals surface area contributed by atoms with E-state index in [1.54, 1.807) is 11.8 Å². The van der Waals surface area contributed by atoms with Crippen molar-refractivity contribution in [3.05, 3.63) is 48.5 Å². The van der Waals surface area contributed by atoms with Crippen LogP contribution in [0.2, 0.25) is 0 Å². The predicted octanol–water partition coefficient (Wildman–Crippen LogP) is 4.24. The molecule has 0 bridgehead atoms. The molecule has 4 rings (SSSR count). The van der Waals surface area contributed by atoms with Gasteiger partial charge in [-0.25, -0.2) is 0 Å². The fourth-order valence-electron chi connectivity index (χ4n) is 3.36. The Balaban J connectivity index is 1.52. The van der Waals surface area contributed by atoms with E-state index >= 15 is 0 Å². The highest BCUT2D eigenvalue weighted by atomic mass is 32.2. The van der Waals surface area contributed by atoms with Crippen molar-refractivity contribution in [2.75, 3.05) is 11.4 Å². The molecule has 4 nitrogen and oxygen atoms in total. The van der Waals surface area contributed by atoms with Crippen molar-refractivity contribution in [1.82, 2.24) is 5.32 Å². The van der Waals surface area contributed by atoms with Gasteiger partial charge in [-0.2, -0.15) is 5.26 Å². The van der Waals surface area contributed by atoms with E-state index in [0.29, 0.717) is 13.0 Å². The second-order valence-corrected chi connectivity index (χ2v) is 7.62. The first kappa shape index (κ1) is 16.0. The van der Waals surface area contributed by atoms with Gasteiger partial charge in [-0.15, -0.1) is 0 Å². The lowest BCUT2D eigenvalue weighted by Crippen LogP contribution is -2.52. The minimum Gasteiger partial charge on any atom is -0.339 e. The van der Waals surface area contributed by atoms with E-state index in [9.17, 15) is 10.1 Å². The monoisotopic (exact) mass is 349 g/mol. The predicted molar refractivity (Wildman–Crippen MR) is 99.0 cm³/mol. The summed E-state index contributed by atoms with van der Waals surface area (Å²) in [6.07, 6.45) is 2.91. The van der Waals surface area contributed by atoms with E-state index in [1.807, 2.05) is 24.3 Å². The van der Waals surface area contributed by atoms with Crippen LogP contribution in [-0.4, -0.2) is 18.0 Å². The summed E-state index contributed by atoms with van der Waals surface area (Å²) in [6, 6.07) is 18.8. The molecule has 0 radical (unpaired) electrons. The Hall–Kier alpha value is -2.45. The van der Waals surface area contributed by atoms with Gasteiger partial charge in [0, 0.05) is 22.8 Å². The number of carbonyl (C=O) groups excluding carboxylic acids is 1. The first-order chi connectivity index (χ1) is 12.2. The number of anilines is 2. The number of amides is 1. The molecule has 0 saturated heterocycles. The zero-order valence-electron chi connectivity index (χ0n) is 13.9. The van der Waals surface area contributed by atoms with Crippen molar-refractivity contribution in [3.63, 3.8) is 0 Å². The van der Waals surface area contributed by atoms with Crippen LogP contribution in [0, 0.1) is 11.3 Å². The molecule has 1 saturated carbocycles. The van der Waals surface area contributed by atoms with Gasteiger partial charge in [0.15, 0.2) is 0 Å². The molecule has 2 aliphatic rings. The first-order valence-corrected chi connectivity index (χ1v) is 9.38. The molecule has 126 valence electrons. The van der Waals surface area contributed by atoms with Gasteiger partial charge in [-0.1, -0.05) is 36.0 Å². The number of para-hydroxylation sites is 2. The third kappa shape index (κ3) is 2.98. The Bertz CT molecular complexity index is 809. The highest BCUT2D eigenvalue weighted by Crippen LogP contribution is 2.47. The molecule has 1 fully saturated rings. The zero-order chi connectivity index (χ0) is 17.3. The average molecular weight is 349 g/mol. The third-order valence-electron chi connectivity index (χ3n) is 4.89. The van der Waals surface area contributed by atoms with Crippen LogP contribution >= 0.6 is 11.8 Å². The molecule has 1 aliphatic heterocycles. The Morgan fingerprint density at radius 3 is 2.24 bits per heavy atom. The molecule has 0 atom stereocenters. The number of benzene rings is 2. The minimum absolute atomic E-state index is 0.0468. The molecule has 25 heavy (non-hydrogen) atoms. The minimum atomic E-state index is -0.620. The molecule has 2 aromatic rings. The fraction of sp³-hybridized carbons (Fsp3) is 0.300. The van der Waals surface area contributed by atoms with Gasteiger partial charge >= 0.3 is 0 Å². The second kappa shape index (κ2) is 6.45. The van der Waals surface area contributed by atoms with Crippen LogP contribution < -0.4 is 10.2 Å².